The Morgan fingerprint density at radius 3 is 1.94 bits per heavy atom. The summed E-state index contributed by atoms with van der Waals surface area (Å²) in [6.07, 6.45) is 0.264. The van der Waals surface area contributed by atoms with E-state index in [1.54, 1.807) is 0 Å². The van der Waals surface area contributed by atoms with Gasteiger partial charge in [0.25, 0.3) is 0 Å². The van der Waals surface area contributed by atoms with Crippen LogP contribution in [0, 0.1) is 0 Å². The average Bonchev–Trinajstić information content (AvgIpc) is 2.82. The number of carbonyl (C=O) groups is 5. The van der Waals surface area contributed by atoms with E-state index in [1.807, 2.05) is 0 Å². The van der Waals surface area contributed by atoms with Crippen LogP contribution < -0.4 is 27.4 Å². The van der Waals surface area contributed by atoms with Crippen LogP contribution in [-0.2, 0) is 30.4 Å². The molecule has 14 heteroatoms. The van der Waals surface area contributed by atoms with Crippen LogP contribution in [0.1, 0.15) is 31.2 Å². The number of hydrogen-bond donors (Lipinski definition) is 9. The maximum atomic E-state index is 13.1. The van der Waals surface area contributed by atoms with Crippen molar-refractivity contribution in [3.05, 3.63) is 29.8 Å². The molecule has 1 aromatic carbocycles. The molecule has 0 aliphatic heterocycles. The summed E-state index contributed by atoms with van der Waals surface area (Å²) in [7, 11) is 0. The van der Waals surface area contributed by atoms with E-state index in [4.69, 9.17) is 16.6 Å². The van der Waals surface area contributed by atoms with E-state index in [9.17, 15) is 34.2 Å². The molecule has 0 saturated heterocycles. The molecule has 0 aromatic heterocycles. The molecule has 0 heterocycles. The molecule has 0 spiro atoms. The molecular weight excluding hydrogens is 494 g/mol. The molecule has 36 heavy (non-hydrogen) atoms. The molecule has 10 N–H and O–H groups in total. The number of aliphatic carboxylic acids is 2. The molecule has 0 fully saturated rings. The number of benzene rings is 1. The summed E-state index contributed by atoms with van der Waals surface area (Å²) in [6.45, 7) is 0.366. The fraction of sp³-hybridized carbons (Fsp3) is 0.500. The summed E-state index contributed by atoms with van der Waals surface area (Å²) < 4.78 is 0. The Balaban J connectivity index is 3.15. The minimum Gasteiger partial charge on any atom is -0.508 e. The lowest BCUT2D eigenvalue weighted by Gasteiger charge is -2.25. The van der Waals surface area contributed by atoms with Gasteiger partial charge in [0.2, 0.25) is 17.7 Å². The van der Waals surface area contributed by atoms with Crippen molar-refractivity contribution in [2.75, 3.05) is 12.3 Å². The third kappa shape index (κ3) is 10.9. The van der Waals surface area contributed by atoms with Gasteiger partial charge in [0.05, 0.1) is 12.5 Å². The first-order chi connectivity index (χ1) is 17.0. The Kier molecular flexibility index (Phi) is 13.3. The molecular formula is C22H33N5O8S. The van der Waals surface area contributed by atoms with Gasteiger partial charge in [0.1, 0.15) is 23.9 Å². The normalized spacial score (nSPS) is 14.1. The van der Waals surface area contributed by atoms with Crippen molar-refractivity contribution in [2.24, 2.45) is 11.5 Å². The van der Waals surface area contributed by atoms with E-state index in [0.29, 0.717) is 24.9 Å². The van der Waals surface area contributed by atoms with E-state index < -0.39 is 60.2 Å². The second-order valence-electron chi connectivity index (χ2n) is 8.06. The number of carboxylic acids is 2. The number of nitrogens with two attached hydrogens (primary N) is 2. The second-order valence-corrected chi connectivity index (χ2v) is 8.43. The van der Waals surface area contributed by atoms with Crippen molar-refractivity contribution < 1.29 is 39.3 Å². The lowest BCUT2D eigenvalue weighted by atomic mass is 10.0. The zero-order valence-corrected chi connectivity index (χ0v) is 20.4. The van der Waals surface area contributed by atoms with Gasteiger partial charge in [-0.25, -0.2) is 4.79 Å². The number of unbranched alkanes of at least 4 members (excludes halogenated alkanes) is 1. The number of carboxylic acid groups (broad SMARTS) is 2. The Morgan fingerprint density at radius 2 is 1.42 bits per heavy atom. The summed E-state index contributed by atoms with van der Waals surface area (Å²) in [5.41, 5.74) is 11.7. The third-order valence-electron chi connectivity index (χ3n) is 5.12. The number of carbonyl (C=O) groups excluding carboxylic acids is 3. The highest BCUT2D eigenvalue weighted by molar-refractivity contribution is 7.80. The number of rotatable bonds is 16. The lowest BCUT2D eigenvalue weighted by molar-refractivity contribution is -0.147. The highest BCUT2D eigenvalue weighted by Gasteiger charge is 2.31. The number of phenols is 1. The molecule has 3 amide bonds. The summed E-state index contributed by atoms with van der Waals surface area (Å²) in [6, 6.07) is 0.630. The fourth-order valence-corrected chi connectivity index (χ4v) is 3.29. The summed E-state index contributed by atoms with van der Waals surface area (Å²) in [5, 5.41) is 34.9. The fourth-order valence-electron chi connectivity index (χ4n) is 3.12. The van der Waals surface area contributed by atoms with E-state index in [2.05, 4.69) is 28.6 Å². The predicted octanol–water partition coefficient (Wildman–Crippen LogP) is -1.67. The van der Waals surface area contributed by atoms with E-state index in [0.717, 1.165) is 0 Å². The Labute approximate surface area is 213 Å². The van der Waals surface area contributed by atoms with Crippen LogP contribution in [0.2, 0.25) is 0 Å². The van der Waals surface area contributed by atoms with E-state index in [-0.39, 0.29) is 24.3 Å². The largest absolute Gasteiger partial charge is 0.508 e. The molecule has 13 nitrogen and oxygen atoms in total. The van der Waals surface area contributed by atoms with Crippen LogP contribution in [0.5, 0.6) is 5.75 Å². The molecule has 0 aliphatic rings. The van der Waals surface area contributed by atoms with Crippen LogP contribution in [0.3, 0.4) is 0 Å². The lowest BCUT2D eigenvalue weighted by Crippen LogP contribution is -2.58. The van der Waals surface area contributed by atoms with Gasteiger partial charge in [0.15, 0.2) is 0 Å². The summed E-state index contributed by atoms with van der Waals surface area (Å²) >= 11 is 3.97. The van der Waals surface area contributed by atoms with Crippen molar-refractivity contribution >= 4 is 42.3 Å². The van der Waals surface area contributed by atoms with Gasteiger partial charge >= 0.3 is 11.9 Å². The minimum absolute atomic E-state index is 0.0283. The molecule has 200 valence electrons. The Hall–Kier alpha value is -3.36. The van der Waals surface area contributed by atoms with Crippen LogP contribution in [0.4, 0.5) is 0 Å². The quantitative estimate of drug-likeness (QED) is 0.0876. The molecule has 0 aliphatic carbocycles. The first-order valence-corrected chi connectivity index (χ1v) is 11.8. The first-order valence-electron chi connectivity index (χ1n) is 11.2. The van der Waals surface area contributed by atoms with Gasteiger partial charge in [0, 0.05) is 12.2 Å². The molecule has 1 aromatic rings. The van der Waals surface area contributed by atoms with Crippen molar-refractivity contribution in [3.63, 3.8) is 0 Å². The van der Waals surface area contributed by atoms with Crippen molar-refractivity contribution in [3.8, 4) is 5.75 Å². The standard InChI is InChI=1S/C22H33N5O8S/c23-8-2-1-3-15(25-19(31)14(24)11-36)20(32)26-16(9-12-4-6-13(28)7-5-12)21(33)27-17(22(34)35)10-18(29)30/h4-7,14-17,28,36H,1-3,8-11,23-24H2,(H,25,31)(H,26,32)(H,27,33)(H,29,30)(H,34,35). The zero-order valence-electron chi connectivity index (χ0n) is 19.6. The Morgan fingerprint density at radius 1 is 0.861 bits per heavy atom. The van der Waals surface area contributed by atoms with Crippen molar-refractivity contribution in [1.82, 2.24) is 16.0 Å². The van der Waals surface area contributed by atoms with Crippen LogP contribution in [0.25, 0.3) is 0 Å². The number of thiol groups is 1. The Bertz CT molecular complexity index is 914. The zero-order chi connectivity index (χ0) is 27.3. The summed E-state index contributed by atoms with van der Waals surface area (Å²) in [5.74, 6) is -5.28. The third-order valence-corrected chi connectivity index (χ3v) is 5.51. The van der Waals surface area contributed by atoms with Crippen LogP contribution in [0.15, 0.2) is 24.3 Å². The highest BCUT2D eigenvalue weighted by atomic mass is 32.1. The maximum Gasteiger partial charge on any atom is 0.326 e. The number of phenolic OH excluding ortho intramolecular Hbond substituents is 1. The van der Waals surface area contributed by atoms with Gasteiger partial charge in [-0.3, -0.25) is 19.2 Å². The van der Waals surface area contributed by atoms with Gasteiger partial charge in [-0.05, 0) is 43.5 Å². The molecule has 0 radical (unpaired) electrons. The van der Waals surface area contributed by atoms with Gasteiger partial charge in [-0.2, -0.15) is 12.6 Å². The highest BCUT2D eigenvalue weighted by Crippen LogP contribution is 2.12. The van der Waals surface area contributed by atoms with Gasteiger partial charge in [-0.1, -0.05) is 12.1 Å². The van der Waals surface area contributed by atoms with Crippen molar-refractivity contribution in [2.45, 2.75) is 56.3 Å². The second kappa shape index (κ2) is 15.6. The first kappa shape index (κ1) is 30.7. The number of nitrogens with one attached hydrogen (secondary N) is 3. The monoisotopic (exact) mass is 527 g/mol. The molecule has 4 unspecified atom stereocenters. The average molecular weight is 528 g/mol. The van der Waals surface area contributed by atoms with Crippen molar-refractivity contribution in [1.29, 1.82) is 0 Å². The maximum absolute atomic E-state index is 13.1. The van der Waals surface area contributed by atoms with Crippen LogP contribution in [-0.4, -0.2) is 81.4 Å². The van der Waals surface area contributed by atoms with Crippen LogP contribution >= 0.6 is 12.6 Å². The molecule has 0 saturated carbocycles. The molecule has 4 atom stereocenters. The molecule has 1 rings (SSSR count). The topological polar surface area (TPSA) is 234 Å². The SMILES string of the molecule is NCCCCC(NC(=O)C(N)CS)C(=O)NC(Cc1ccc(O)cc1)C(=O)NC(CC(=O)O)C(=O)O. The predicted molar refractivity (Wildman–Crippen MR) is 132 cm³/mol. The van der Waals surface area contributed by atoms with E-state index >= 15 is 0 Å². The minimum atomic E-state index is -1.73. The number of amides is 3. The van der Waals surface area contributed by atoms with Gasteiger partial charge < -0.3 is 42.7 Å². The molecule has 0 bridgehead atoms. The smallest absolute Gasteiger partial charge is 0.326 e. The number of aromatic hydroxyl groups is 1. The number of hydrogen-bond acceptors (Lipinski definition) is 9. The van der Waals surface area contributed by atoms with Gasteiger partial charge in [-0.15, -0.1) is 0 Å². The van der Waals surface area contributed by atoms with E-state index in [1.165, 1.54) is 24.3 Å². The summed E-state index contributed by atoms with van der Waals surface area (Å²) in [4.78, 5) is 60.7.